The molecule has 0 bridgehead atoms. The number of carbonyl (C=O) groups excluding carboxylic acids is 4. The Bertz CT molecular complexity index is 667. The molecule has 0 aliphatic rings. The van der Waals surface area contributed by atoms with Gasteiger partial charge < -0.3 is 42.7 Å². The van der Waals surface area contributed by atoms with Crippen molar-refractivity contribution < 1.29 is 44.1 Å². The van der Waals surface area contributed by atoms with Crippen molar-refractivity contribution in [2.24, 2.45) is 11.5 Å². The lowest BCUT2D eigenvalue weighted by atomic mass is 10.1. The summed E-state index contributed by atoms with van der Waals surface area (Å²) in [5.41, 5.74) is 10.3. The number of carboxylic acids is 2. The zero-order chi connectivity index (χ0) is 22.9. The Morgan fingerprint density at radius 1 is 0.862 bits per heavy atom. The smallest absolute Gasteiger partial charge is 0.328 e. The van der Waals surface area contributed by atoms with Gasteiger partial charge in [-0.1, -0.05) is 0 Å². The van der Waals surface area contributed by atoms with E-state index in [9.17, 15) is 33.9 Å². The highest BCUT2D eigenvalue weighted by Crippen LogP contribution is 1.99. The summed E-state index contributed by atoms with van der Waals surface area (Å²) in [5.74, 6) is -6.90. The van der Waals surface area contributed by atoms with Gasteiger partial charge in [0, 0.05) is 0 Å². The van der Waals surface area contributed by atoms with Gasteiger partial charge in [0.05, 0.1) is 25.0 Å². The van der Waals surface area contributed by atoms with E-state index in [2.05, 4.69) is 5.32 Å². The molecular weight excluding hydrogens is 394 g/mol. The number of amides is 4. The summed E-state index contributed by atoms with van der Waals surface area (Å²) < 4.78 is 0. The molecule has 0 fully saturated rings. The Labute approximate surface area is 165 Å². The maximum atomic E-state index is 12.3. The van der Waals surface area contributed by atoms with E-state index < -0.39 is 78.7 Å². The second kappa shape index (κ2) is 11.6. The molecule has 10 N–H and O–H groups in total. The summed E-state index contributed by atoms with van der Waals surface area (Å²) >= 11 is 0. The minimum absolute atomic E-state index is 0.540. The molecule has 0 saturated carbocycles. The van der Waals surface area contributed by atoms with Crippen LogP contribution in [0.25, 0.3) is 0 Å². The van der Waals surface area contributed by atoms with E-state index >= 15 is 0 Å². The van der Waals surface area contributed by atoms with E-state index in [1.807, 2.05) is 10.6 Å². The Hall–Kier alpha value is -3.26. The number of aliphatic hydroxyl groups excluding tert-OH is 1. The van der Waals surface area contributed by atoms with E-state index in [4.69, 9.17) is 21.7 Å². The van der Waals surface area contributed by atoms with Crippen molar-refractivity contribution in [3.8, 4) is 0 Å². The highest BCUT2D eigenvalue weighted by molar-refractivity contribution is 5.96. The van der Waals surface area contributed by atoms with Gasteiger partial charge in [-0.3, -0.25) is 24.0 Å². The quantitative estimate of drug-likeness (QED) is 0.151. The van der Waals surface area contributed by atoms with E-state index in [0.29, 0.717) is 0 Å². The number of carbonyl (C=O) groups is 6. The van der Waals surface area contributed by atoms with Crippen LogP contribution in [0, 0.1) is 0 Å². The number of carboxylic acid groups (broad SMARTS) is 2. The highest BCUT2D eigenvalue weighted by atomic mass is 16.4. The zero-order valence-electron chi connectivity index (χ0n) is 15.7. The summed E-state index contributed by atoms with van der Waals surface area (Å²) in [6, 6.07) is -6.03. The number of nitrogens with one attached hydrogen (secondary N) is 3. The van der Waals surface area contributed by atoms with Crippen LogP contribution in [0.2, 0.25) is 0 Å². The number of aliphatic hydroxyl groups is 1. The summed E-state index contributed by atoms with van der Waals surface area (Å²) in [4.78, 5) is 68.9. The van der Waals surface area contributed by atoms with Gasteiger partial charge in [-0.05, 0) is 13.8 Å². The van der Waals surface area contributed by atoms with Crippen molar-refractivity contribution in [2.75, 3.05) is 0 Å². The summed E-state index contributed by atoms with van der Waals surface area (Å²) in [6.07, 6.45) is -2.83. The number of hydrogen-bond donors (Lipinski definition) is 8. The summed E-state index contributed by atoms with van der Waals surface area (Å²) in [7, 11) is 0. The minimum Gasteiger partial charge on any atom is -0.481 e. The Morgan fingerprint density at radius 2 is 1.41 bits per heavy atom. The van der Waals surface area contributed by atoms with Gasteiger partial charge in [0.25, 0.3) is 0 Å². The number of rotatable bonds is 12. The molecule has 0 aliphatic heterocycles. The molecule has 0 spiro atoms. The maximum absolute atomic E-state index is 12.3. The molecule has 29 heavy (non-hydrogen) atoms. The normalized spacial score (nSPS) is 15.7. The van der Waals surface area contributed by atoms with Crippen LogP contribution in [0.15, 0.2) is 0 Å². The lowest BCUT2D eigenvalue weighted by molar-refractivity contribution is -0.145. The van der Waals surface area contributed by atoms with Gasteiger partial charge in [-0.2, -0.15) is 0 Å². The number of hydrogen-bond acceptors (Lipinski definition) is 8. The molecule has 0 rings (SSSR count). The van der Waals surface area contributed by atoms with Crippen LogP contribution in [-0.4, -0.2) is 81.2 Å². The molecule has 14 heteroatoms. The molecule has 5 unspecified atom stereocenters. The summed E-state index contributed by atoms with van der Waals surface area (Å²) in [5, 5.41) is 33.4. The Balaban J connectivity index is 5.10. The molecule has 4 amide bonds. The average Bonchev–Trinajstić information content (AvgIpc) is 2.56. The second-order valence-corrected chi connectivity index (χ2v) is 6.23. The van der Waals surface area contributed by atoms with Crippen LogP contribution < -0.4 is 27.4 Å². The fourth-order valence-corrected chi connectivity index (χ4v) is 2.02. The van der Waals surface area contributed by atoms with Gasteiger partial charge in [-0.15, -0.1) is 0 Å². The molecule has 0 radical (unpaired) electrons. The first-order valence-corrected chi connectivity index (χ1v) is 8.33. The van der Waals surface area contributed by atoms with Crippen LogP contribution in [-0.2, 0) is 28.8 Å². The average molecular weight is 419 g/mol. The SMILES string of the molecule is CC(NC(=O)C(CC(=O)O)NC(=O)C(N)CC(N)=O)C(=O)NC(C(=O)O)C(C)O. The standard InChI is InChI=1S/C15H25N5O9/c1-5(12(25)20-11(6(2)21)15(28)29)18-14(27)8(4-10(23)24)19-13(26)7(16)3-9(17)22/h5-8,11,21H,3-4,16H2,1-2H3,(H2,17,22)(H,18,27)(H,19,26)(H,20,25)(H,23,24)(H,28,29). The van der Waals surface area contributed by atoms with Gasteiger partial charge in [-0.25, -0.2) is 4.79 Å². The molecule has 5 atom stereocenters. The molecule has 0 heterocycles. The fraction of sp³-hybridized carbons (Fsp3) is 0.600. The van der Waals surface area contributed by atoms with Crippen molar-refractivity contribution in [3.63, 3.8) is 0 Å². The van der Waals surface area contributed by atoms with Crippen LogP contribution >= 0.6 is 0 Å². The van der Waals surface area contributed by atoms with Crippen LogP contribution in [0.5, 0.6) is 0 Å². The Kier molecular flexibility index (Phi) is 10.3. The molecule has 0 aromatic heterocycles. The lowest BCUT2D eigenvalue weighted by Crippen LogP contribution is -2.58. The molecule has 0 aromatic carbocycles. The van der Waals surface area contributed by atoms with E-state index in [0.717, 1.165) is 6.92 Å². The van der Waals surface area contributed by atoms with Gasteiger partial charge in [0.15, 0.2) is 6.04 Å². The highest BCUT2D eigenvalue weighted by Gasteiger charge is 2.31. The largest absolute Gasteiger partial charge is 0.481 e. The third-order valence-electron chi connectivity index (χ3n) is 3.57. The van der Waals surface area contributed by atoms with Crippen molar-refractivity contribution in [3.05, 3.63) is 0 Å². The van der Waals surface area contributed by atoms with Crippen molar-refractivity contribution in [1.29, 1.82) is 0 Å². The predicted octanol–water partition coefficient (Wildman–Crippen LogP) is -4.40. The number of nitrogens with two attached hydrogens (primary N) is 2. The van der Waals surface area contributed by atoms with E-state index in [1.165, 1.54) is 6.92 Å². The molecule has 14 nitrogen and oxygen atoms in total. The molecule has 0 aromatic rings. The molecule has 0 saturated heterocycles. The fourth-order valence-electron chi connectivity index (χ4n) is 2.02. The van der Waals surface area contributed by atoms with Crippen LogP contribution in [0.1, 0.15) is 26.7 Å². The van der Waals surface area contributed by atoms with Crippen molar-refractivity contribution in [1.82, 2.24) is 16.0 Å². The first-order chi connectivity index (χ1) is 13.3. The second-order valence-electron chi connectivity index (χ2n) is 6.23. The van der Waals surface area contributed by atoms with Gasteiger partial charge in [0.1, 0.15) is 12.1 Å². The molecule has 0 aliphatic carbocycles. The van der Waals surface area contributed by atoms with Crippen molar-refractivity contribution >= 4 is 35.6 Å². The minimum atomic E-state index is -1.64. The number of primary amides is 1. The van der Waals surface area contributed by atoms with E-state index in [-0.39, 0.29) is 0 Å². The maximum Gasteiger partial charge on any atom is 0.328 e. The van der Waals surface area contributed by atoms with Gasteiger partial charge >= 0.3 is 11.9 Å². The lowest BCUT2D eigenvalue weighted by Gasteiger charge is -2.23. The van der Waals surface area contributed by atoms with Crippen LogP contribution in [0.4, 0.5) is 0 Å². The van der Waals surface area contributed by atoms with Gasteiger partial charge in [0.2, 0.25) is 23.6 Å². The number of aliphatic carboxylic acids is 2. The van der Waals surface area contributed by atoms with Crippen molar-refractivity contribution in [2.45, 2.75) is 57.0 Å². The summed E-state index contributed by atoms with van der Waals surface area (Å²) in [6.45, 7) is 2.31. The first-order valence-electron chi connectivity index (χ1n) is 8.33. The zero-order valence-corrected chi connectivity index (χ0v) is 15.7. The predicted molar refractivity (Wildman–Crippen MR) is 94.8 cm³/mol. The Morgan fingerprint density at radius 3 is 1.83 bits per heavy atom. The monoisotopic (exact) mass is 419 g/mol. The topological polar surface area (TPSA) is 251 Å². The molecular formula is C15H25N5O9. The first kappa shape index (κ1) is 25.7. The van der Waals surface area contributed by atoms with E-state index in [1.54, 1.807) is 0 Å². The molecule has 164 valence electrons. The third kappa shape index (κ3) is 9.48. The third-order valence-corrected chi connectivity index (χ3v) is 3.57. The van der Waals surface area contributed by atoms with Crippen LogP contribution in [0.3, 0.4) is 0 Å².